The number of nitrogens with one attached hydrogen (secondary N) is 1. The Bertz CT molecular complexity index is 520. The summed E-state index contributed by atoms with van der Waals surface area (Å²) in [5.41, 5.74) is 0.0728. The van der Waals surface area contributed by atoms with Crippen molar-refractivity contribution in [2.24, 2.45) is 0 Å². The summed E-state index contributed by atoms with van der Waals surface area (Å²) in [6.45, 7) is 4.38. The van der Waals surface area contributed by atoms with Gasteiger partial charge in [-0.15, -0.1) is 0 Å². The maximum atomic E-state index is 13.3. The molecule has 2 unspecified atom stereocenters. The smallest absolute Gasteiger partial charge is 0.320 e. The van der Waals surface area contributed by atoms with E-state index >= 15 is 0 Å². The first-order chi connectivity index (χ1) is 8.53. The quantitative estimate of drug-likeness (QED) is 0.831. The molecule has 2 bridgehead atoms. The Morgan fingerprint density at radius 1 is 1.61 bits per heavy atom. The first-order valence-corrected chi connectivity index (χ1v) is 6.10. The fourth-order valence-electron chi connectivity index (χ4n) is 2.87. The van der Waals surface area contributed by atoms with Crippen LogP contribution in [0.3, 0.4) is 0 Å². The van der Waals surface area contributed by atoms with Crippen molar-refractivity contribution in [1.29, 1.82) is 0 Å². The lowest BCUT2D eigenvalue weighted by molar-refractivity contribution is -0.0816. The van der Waals surface area contributed by atoms with Gasteiger partial charge in [0.1, 0.15) is 11.6 Å². The number of urea groups is 1. The Morgan fingerprint density at radius 3 is 3.11 bits per heavy atom. The van der Waals surface area contributed by atoms with Crippen molar-refractivity contribution in [2.75, 3.05) is 6.54 Å². The van der Waals surface area contributed by atoms with E-state index in [1.54, 1.807) is 11.0 Å². The second kappa shape index (κ2) is 3.60. The topological polar surface area (TPSA) is 41.6 Å². The van der Waals surface area contributed by atoms with E-state index in [0.29, 0.717) is 18.7 Å². The number of hydrogen-bond acceptors (Lipinski definition) is 2. The van der Waals surface area contributed by atoms with Gasteiger partial charge in [-0.3, -0.25) is 4.90 Å². The van der Waals surface area contributed by atoms with Crippen LogP contribution in [0.5, 0.6) is 5.75 Å². The van der Waals surface area contributed by atoms with Crippen molar-refractivity contribution >= 4 is 6.03 Å². The molecule has 2 aliphatic rings. The summed E-state index contributed by atoms with van der Waals surface area (Å²) in [7, 11) is 0. The molecule has 0 aliphatic carbocycles. The second-order valence-electron chi connectivity index (χ2n) is 4.91. The number of nitrogens with zero attached hydrogens (tertiary/aromatic N) is 1. The highest BCUT2D eigenvalue weighted by atomic mass is 19.1. The molecule has 1 aromatic carbocycles. The number of benzene rings is 1. The SMILES string of the molecule is CCN1C(=O)NC2CC1(C)Oc1ccc(F)cc12. The van der Waals surface area contributed by atoms with Crippen LogP contribution in [0, 0.1) is 5.82 Å². The first kappa shape index (κ1) is 11.3. The van der Waals surface area contributed by atoms with Gasteiger partial charge in [-0.1, -0.05) is 0 Å². The van der Waals surface area contributed by atoms with Crippen molar-refractivity contribution in [3.63, 3.8) is 0 Å². The molecule has 0 aromatic heterocycles. The highest BCUT2D eigenvalue weighted by Gasteiger charge is 2.48. The van der Waals surface area contributed by atoms with Crippen LogP contribution in [-0.2, 0) is 0 Å². The number of ether oxygens (including phenoxy) is 1. The van der Waals surface area contributed by atoms with Gasteiger partial charge >= 0.3 is 6.03 Å². The molecule has 3 rings (SSSR count). The van der Waals surface area contributed by atoms with E-state index in [1.165, 1.54) is 12.1 Å². The standard InChI is InChI=1S/C13H15FN2O2/c1-3-16-12(17)15-10-7-13(16,2)18-11-5-4-8(14)6-9(10)11/h4-6,10H,3,7H2,1-2H3,(H,15,17). The fourth-order valence-corrected chi connectivity index (χ4v) is 2.87. The van der Waals surface area contributed by atoms with E-state index in [1.807, 2.05) is 13.8 Å². The van der Waals surface area contributed by atoms with E-state index < -0.39 is 5.72 Å². The highest BCUT2D eigenvalue weighted by molar-refractivity contribution is 5.77. The van der Waals surface area contributed by atoms with E-state index in [2.05, 4.69) is 5.32 Å². The molecule has 2 heterocycles. The molecule has 0 spiro atoms. The molecule has 1 fully saturated rings. The third kappa shape index (κ3) is 1.46. The Morgan fingerprint density at radius 2 is 2.39 bits per heavy atom. The van der Waals surface area contributed by atoms with Crippen LogP contribution >= 0.6 is 0 Å². The number of carbonyl (C=O) groups is 1. The van der Waals surface area contributed by atoms with Gasteiger partial charge in [0.2, 0.25) is 0 Å². The largest absolute Gasteiger partial charge is 0.468 e. The van der Waals surface area contributed by atoms with Gasteiger partial charge in [-0.05, 0) is 32.0 Å². The van der Waals surface area contributed by atoms with Gasteiger partial charge in [0.05, 0.1) is 6.04 Å². The number of rotatable bonds is 1. The lowest BCUT2D eigenvalue weighted by atomic mass is 9.90. The molecule has 1 saturated heterocycles. The van der Waals surface area contributed by atoms with Crippen molar-refractivity contribution in [2.45, 2.75) is 32.0 Å². The monoisotopic (exact) mass is 250 g/mol. The molecular weight excluding hydrogens is 235 g/mol. The molecule has 4 nitrogen and oxygen atoms in total. The minimum Gasteiger partial charge on any atom is -0.468 e. The summed E-state index contributed by atoms with van der Waals surface area (Å²) < 4.78 is 19.2. The number of amides is 2. The van der Waals surface area contributed by atoms with Gasteiger partial charge < -0.3 is 10.1 Å². The molecule has 2 atom stereocenters. The number of fused-ring (bicyclic) bond motifs is 4. The number of hydrogen-bond donors (Lipinski definition) is 1. The lowest BCUT2D eigenvalue weighted by Crippen LogP contribution is -2.64. The summed E-state index contributed by atoms with van der Waals surface area (Å²) in [5.74, 6) is 0.335. The zero-order valence-corrected chi connectivity index (χ0v) is 10.4. The van der Waals surface area contributed by atoms with Crippen molar-refractivity contribution < 1.29 is 13.9 Å². The molecule has 96 valence electrons. The van der Waals surface area contributed by atoms with E-state index in [9.17, 15) is 9.18 Å². The minimum atomic E-state index is -0.646. The third-order valence-corrected chi connectivity index (χ3v) is 3.69. The predicted molar refractivity (Wildman–Crippen MR) is 63.7 cm³/mol. The van der Waals surface area contributed by atoms with Crippen LogP contribution < -0.4 is 10.1 Å². The zero-order chi connectivity index (χ0) is 12.9. The number of halogens is 1. The maximum Gasteiger partial charge on any atom is 0.320 e. The van der Waals surface area contributed by atoms with E-state index in [4.69, 9.17) is 4.74 Å². The van der Waals surface area contributed by atoms with Gasteiger partial charge in [-0.25, -0.2) is 9.18 Å². The molecule has 1 N–H and O–H groups in total. The maximum absolute atomic E-state index is 13.3. The average Bonchev–Trinajstić information content (AvgIpc) is 2.30. The summed E-state index contributed by atoms with van der Waals surface area (Å²) in [4.78, 5) is 13.6. The molecule has 2 aliphatic heterocycles. The van der Waals surface area contributed by atoms with Crippen LogP contribution in [-0.4, -0.2) is 23.2 Å². The highest BCUT2D eigenvalue weighted by Crippen LogP contribution is 2.43. The average molecular weight is 250 g/mol. The number of carbonyl (C=O) groups excluding carboxylic acids is 1. The van der Waals surface area contributed by atoms with Crippen molar-refractivity contribution in [1.82, 2.24) is 10.2 Å². The molecular formula is C13H15FN2O2. The zero-order valence-electron chi connectivity index (χ0n) is 10.4. The van der Waals surface area contributed by atoms with Crippen LogP contribution in [0.25, 0.3) is 0 Å². The van der Waals surface area contributed by atoms with Gasteiger partial charge in [-0.2, -0.15) is 0 Å². The molecule has 0 saturated carbocycles. The van der Waals surface area contributed by atoms with Gasteiger partial charge in [0.25, 0.3) is 0 Å². The molecule has 18 heavy (non-hydrogen) atoms. The predicted octanol–water partition coefficient (Wildman–Crippen LogP) is 2.41. The van der Waals surface area contributed by atoms with Gasteiger partial charge in [0.15, 0.2) is 5.72 Å². The normalized spacial score (nSPS) is 29.4. The van der Waals surface area contributed by atoms with Crippen LogP contribution in [0.15, 0.2) is 18.2 Å². The Kier molecular flexibility index (Phi) is 2.27. The van der Waals surface area contributed by atoms with Crippen LogP contribution in [0.2, 0.25) is 0 Å². The molecule has 5 heteroatoms. The van der Waals surface area contributed by atoms with Crippen LogP contribution in [0.1, 0.15) is 31.9 Å². The van der Waals surface area contributed by atoms with Gasteiger partial charge in [0, 0.05) is 18.5 Å². The third-order valence-electron chi connectivity index (χ3n) is 3.69. The Balaban J connectivity index is 2.08. The summed E-state index contributed by atoms with van der Waals surface area (Å²) in [6.07, 6.45) is 0.628. The molecule has 0 radical (unpaired) electrons. The minimum absolute atomic E-state index is 0.161. The van der Waals surface area contributed by atoms with E-state index in [-0.39, 0.29) is 17.9 Å². The first-order valence-electron chi connectivity index (χ1n) is 6.10. The summed E-state index contributed by atoms with van der Waals surface area (Å²) in [5, 5.41) is 2.90. The fraction of sp³-hybridized carbons (Fsp3) is 0.462. The van der Waals surface area contributed by atoms with E-state index in [0.717, 1.165) is 5.56 Å². The Hall–Kier alpha value is -1.78. The lowest BCUT2D eigenvalue weighted by Gasteiger charge is -2.50. The second-order valence-corrected chi connectivity index (χ2v) is 4.91. The van der Waals surface area contributed by atoms with Crippen molar-refractivity contribution in [3.8, 4) is 5.75 Å². The van der Waals surface area contributed by atoms with Crippen molar-refractivity contribution in [3.05, 3.63) is 29.6 Å². The summed E-state index contributed by atoms with van der Waals surface area (Å²) >= 11 is 0. The summed E-state index contributed by atoms with van der Waals surface area (Å²) in [6, 6.07) is 4.10. The molecule has 1 aromatic rings. The van der Waals surface area contributed by atoms with Crippen LogP contribution in [0.4, 0.5) is 9.18 Å². The molecule has 2 amide bonds. The Labute approximate surface area is 105 Å².